The van der Waals surface area contributed by atoms with Crippen LogP contribution in [0.2, 0.25) is 5.15 Å². The van der Waals surface area contributed by atoms with Crippen LogP contribution in [-0.4, -0.2) is 30.6 Å². The maximum atomic E-state index is 5.76. The van der Waals surface area contributed by atoms with Crippen molar-refractivity contribution in [2.75, 3.05) is 21.1 Å². The normalized spacial score (nSPS) is 11.7. The van der Waals surface area contributed by atoms with Crippen LogP contribution in [0.15, 0.2) is 18.2 Å². The SMILES string of the molecule is C[N+](C)(C)Cc1cccc(Cl)n1. The van der Waals surface area contributed by atoms with E-state index in [4.69, 9.17) is 11.6 Å². The van der Waals surface area contributed by atoms with Gasteiger partial charge in [0.25, 0.3) is 0 Å². The second-order valence-corrected chi connectivity index (χ2v) is 4.29. The zero-order valence-electron chi connectivity index (χ0n) is 7.71. The van der Waals surface area contributed by atoms with E-state index in [9.17, 15) is 0 Å². The molecule has 1 aromatic heterocycles. The van der Waals surface area contributed by atoms with Crippen LogP contribution < -0.4 is 0 Å². The van der Waals surface area contributed by atoms with Crippen LogP contribution in [-0.2, 0) is 6.54 Å². The van der Waals surface area contributed by atoms with E-state index < -0.39 is 0 Å². The Morgan fingerprint density at radius 3 is 2.50 bits per heavy atom. The van der Waals surface area contributed by atoms with Crippen molar-refractivity contribution in [1.29, 1.82) is 0 Å². The zero-order chi connectivity index (χ0) is 9.19. The van der Waals surface area contributed by atoms with E-state index in [0.29, 0.717) is 5.15 Å². The summed E-state index contributed by atoms with van der Waals surface area (Å²) in [6.07, 6.45) is 0. The minimum absolute atomic E-state index is 0.570. The van der Waals surface area contributed by atoms with Crippen molar-refractivity contribution in [3.05, 3.63) is 29.0 Å². The Balaban J connectivity index is 2.77. The first-order valence-electron chi connectivity index (χ1n) is 3.89. The van der Waals surface area contributed by atoms with Gasteiger partial charge in [-0.2, -0.15) is 0 Å². The number of aromatic nitrogens is 1. The molecule has 0 bridgehead atoms. The van der Waals surface area contributed by atoms with Crippen LogP contribution in [0.1, 0.15) is 5.69 Å². The van der Waals surface area contributed by atoms with E-state index in [1.807, 2.05) is 12.1 Å². The summed E-state index contributed by atoms with van der Waals surface area (Å²) in [6.45, 7) is 0.903. The van der Waals surface area contributed by atoms with Crippen molar-refractivity contribution in [2.24, 2.45) is 0 Å². The molecule has 0 aliphatic rings. The third-order valence-corrected chi connectivity index (χ3v) is 1.62. The fraction of sp³-hybridized carbons (Fsp3) is 0.444. The Kier molecular flexibility index (Phi) is 2.70. The highest BCUT2D eigenvalue weighted by atomic mass is 35.5. The van der Waals surface area contributed by atoms with Crippen LogP contribution >= 0.6 is 11.6 Å². The van der Waals surface area contributed by atoms with Crippen LogP contribution in [0.5, 0.6) is 0 Å². The standard InChI is InChI=1S/C9H14ClN2/c1-12(2,3)7-8-5-4-6-9(10)11-8/h4-6H,7H2,1-3H3/q+1. The molecule has 2 nitrogen and oxygen atoms in total. The van der Waals surface area contributed by atoms with Gasteiger partial charge in [-0.05, 0) is 12.1 Å². The molecule has 0 amide bonds. The fourth-order valence-electron chi connectivity index (χ4n) is 1.02. The summed E-state index contributed by atoms with van der Waals surface area (Å²) in [4.78, 5) is 4.21. The van der Waals surface area contributed by atoms with Gasteiger partial charge in [0.1, 0.15) is 11.7 Å². The van der Waals surface area contributed by atoms with Gasteiger partial charge < -0.3 is 4.48 Å². The van der Waals surface area contributed by atoms with Crippen LogP contribution in [0, 0.1) is 0 Å². The average Bonchev–Trinajstić information content (AvgIpc) is 1.82. The van der Waals surface area contributed by atoms with Crippen molar-refractivity contribution >= 4 is 11.6 Å². The molecule has 12 heavy (non-hydrogen) atoms. The first-order chi connectivity index (χ1) is 5.47. The number of quaternary nitrogens is 1. The summed E-state index contributed by atoms with van der Waals surface area (Å²) < 4.78 is 0.868. The summed E-state index contributed by atoms with van der Waals surface area (Å²) >= 11 is 5.76. The molecule has 0 saturated carbocycles. The minimum Gasteiger partial charge on any atom is -0.326 e. The van der Waals surface area contributed by atoms with Crippen molar-refractivity contribution in [3.63, 3.8) is 0 Å². The largest absolute Gasteiger partial charge is 0.326 e. The molecule has 0 unspecified atom stereocenters. The van der Waals surface area contributed by atoms with Gasteiger partial charge >= 0.3 is 0 Å². The van der Waals surface area contributed by atoms with Gasteiger partial charge in [0.05, 0.1) is 26.8 Å². The second-order valence-electron chi connectivity index (χ2n) is 3.90. The van der Waals surface area contributed by atoms with Crippen molar-refractivity contribution in [2.45, 2.75) is 6.54 Å². The fourth-order valence-corrected chi connectivity index (χ4v) is 1.21. The summed E-state index contributed by atoms with van der Waals surface area (Å²) in [5.74, 6) is 0. The Bertz CT molecular complexity index is 265. The van der Waals surface area contributed by atoms with Crippen molar-refractivity contribution in [1.82, 2.24) is 4.98 Å². The Labute approximate surface area is 78.4 Å². The number of hydrogen-bond donors (Lipinski definition) is 0. The molecular formula is C9H14ClN2+. The van der Waals surface area contributed by atoms with Crippen molar-refractivity contribution < 1.29 is 4.48 Å². The quantitative estimate of drug-likeness (QED) is 0.507. The first kappa shape index (κ1) is 9.49. The molecule has 0 atom stereocenters. The molecule has 0 saturated heterocycles. The highest BCUT2D eigenvalue weighted by molar-refractivity contribution is 6.29. The zero-order valence-corrected chi connectivity index (χ0v) is 8.47. The van der Waals surface area contributed by atoms with Crippen LogP contribution in [0.3, 0.4) is 0 Å². The molecule has 1 aromatic rings. The van der Waals surface area contributed by atoms with E-state index in [-0.39, 0.29) is 0 Å². The topological polar surface area (TPSA) is 12.9 Å². The number of hydrogen-bond acceptors (Lipinski definition) is 1. The third-order valence-electron chi connectivity index (χ3n) is 1.41. The van der Waals surface area contributed by atoms with E-state index >= 15 is 0 Å². The van der Waals surface area contributed by atoms with Crippen LogP contribution in [0.25, 0.3) is 0 Å². The van der Waals surface area contributed by atoms with Crippen molar-refractivity contribution in [3.8, 4) is 0 Å². The molecule has 0 N–H and O–H groups in total. The Morgan fingerprint density at radius 1 is 1.33 bits per heavy atom. The first-order valence-corrected chi connectivity index (χ1v) is 4.27. The maximum absolute atomic E-state index is 5.76. The smallest absolute Gasteiger partial charge is 0.129 e. The third kappa shape index (κ3) is 3.20. The molecule has 0 aliphatic carbocycles. The molecule has 0 fully saturated rings. The van der Waals surface area contributed by atoms with E-state index in [0.717, 1.165) is 16.7 Å². The molecule has 66 valence electrons. The van der Waals surface area contributed by atoms with Gasteiger partial charge in [0, 0.05) is 0 Å². The van der Waals surface area contributed by atoms with Gasteiger partial charge in [-0.3, -0.25) is 0 Å². The molecule has 1 rings (SSSR count). The maximum Gasteiger partial charge on any atom is 0.129 e. The molecule has 3 heteroatoms. The van der Waals surface area contributed by atoms with E-state index in [2.05, 4.69) is 26.1 Å². The lowest BCUT2D eigenvalue weighted by molar-refractivity contribution is -0.884. The lowest BCUT2D eigenvalue weighted by Gasteiger charge is -2.23. The summed E-state index contributed by atoms with van der Waals surface area (Å²) in [7, 11) is 6.38. The summed E-state index contributed by atoms with van der Waals surface area (Å²) in [5.41, 5.74) is 1.04. The lowest BCUT2D eigenvalue weighted by atomic mass is 10.3. The predicted octanol–water partition coefficient (Wildman–Crippen LogP) is 1.94. The monoisotopic (exact) mass is 185 g/mol. The van der Waals surface area contributed by atoms with Gasteiger partial charge in [-0.15, -0.1) is 0 Å². The molecule has 1 heterocycles. The molecule has 0 spiro atoms. The Hall–Kier alpha value is -0.600. The lowest BCUT2D eigenvalue weighted by Crippen LogP contribution is -2.33. The van der Waals surface area contributed by atoms with E-state index in [1.165, 1.54) is 0 Å². The molecule has 0 aromatic carbocycles. The number of nitrogens with zero attached hydrogens (tertiary/aromatic N) is 2. The summed E-state index contributed by atoms with van der Waals surface area (Å²) in [5, 5.41) is 0.570. The van der Waals surface area contributed by atoms with Gasteiger partial charge in [0.2, 0.25) is 0 Å². The average molecular weight is 186 g/mol. The highest BCUT2D eigenvalue weighted by Gasteiger charge is 2.09. The minimum atomic E-state index is 0.570. The van der Waals surface area contributed by atoms with Gasteiger partial charge in [-0.1, -0.05) is 17.7 Å². The summed E-state index contributed by atoms with van der Waals surface area (Å²) in [6, 6.07) is 5.72. The second kappa shape index (κ2) is 3.42. The van der Waals surface area contributed by atoms with Gasteiger partial charge in [-0.25, -0.2) is 4.98 Å². The number of halogens is 1. The Morgan fingerprint density at radius 2 is 2.00 bits per heavy atom. The molecular weight excluding hydrogens is 172 g/mol. The van der Waals surface area contributed by atoms with Crippen LogP contribution in [0.4, 0.5) is 0 Å². The number of pyridine rings is 1. The highest BCUT2D eigenvalue weighted by Crippen LogP contribution is 2.08. The molecule has 0 aliphatic heterocycles. The van der Waals surface area contributed by atoms with Gasteiger partial charge in [0.15, 0.2) is 0 Å². The predicted molar refractivity (Wildman–Crippen MR) is 51.0 cm³/mol. The van der Waals surface area contributed by atoms with E-state index in [1.54, 1.807) is 6.07 Å². The number of rotatable bonds is 2. The molecule has 0 radical (unpaired) electrons.